The van der Waals surface area contributed by atoms with E-state index in [1.165, 1.54) is 18.1 Å². The van der Waals surface area contributed by atoms with Gasteiger partial charge in [-0.3, -0.25) is 9.59 Å². The van der Waals surface area contributed by atoms with Crippen molar-refractivity contribution >= 4 is 33.4 Å². The predicted octanol–water partition coefficient (Wildman–Crippen LogP) is 4.56. The van der Waals surface area contributed by atoms with E-state index in [4.69, 9.17) is 23.7 Å². The van der Waals surface area contributed by atoms with Crippen LogP contribution in [0.3, 0.4) is 0 Å². The molecule has 4 aliphatic rings. The van der Waals surface area contributed by atoms with Gasteiger partial charge in [-0.2, -0.15) is 0 Å². The van der Waals surface area contributed by atoms with E-state index in [0.29, 0.717) is 28.8 Å². The van der Waals surface area contributed by atoms with Crippen molar-refractivity contribution < 1.29 is 53.7 Å². The van der Waals surface area contributed by atoms with Crippen molar-refractivity contribution in [2.45, 2.75) is 87.9 Å². The molecule has 6 N–H and O–H groups in total. The number of ether oxygens (including phenoxy) is 5. The number of hydrogen-bond donors (Lipinski definition) is 6. The van der Waals surface area contributed by atoms with E-state index in [0.717, 1.165) is 58.8 Å². The van der Waals surface area contributed by atoms with Gasteiger partial charge in [-0.05, 0) is 83.8 Å². The average molecular weight is 832 g/mol. The number of nitrogens with zero attached hydrogens (tertiary/aromatic N) is 1. The lowest BCUT2D eigenvalue weighted by Gasteiger charge is -2.47. The predicted molar refractivity (Wildman–Crippen MR) is 223 cm³/mol. The van der Waals surface area contributed by atoms with E-state index < -0.39 is 42.6 Å². The Balaban J connectivity index is 1.14. The number of aromatic amines is 1. The molecule has 0 unspecified atom stereocenters. The SMILES string of the molecule is CNCc1ccc2[nH]cc(COC[C@H]3O[C@@H]4Oc5cc(OC)cc6cc(C7CCCC7)c(c(O)c56)C(=O)CN5Cc6c(cccc6C5=O)CC#CO[C@@H]([C@@H]3O)[C@]4(O)CO)c2c1. The zero-order valence-corrected chi connectivity index (χ0v) is 34.0. The molecule has 2 fully saturated rings. The maximum absolute atomic E-state index is 14.6. The van der Waals surface area contributed by atoms with E-state index in [2.05, 4.69) is 28.4 Å². The highest BCUT2D eigenvalue weighted by Gasteiger charge is 2.58. The molecule has 4 heterocycles. The van der Waals surface area contributed by atoms with Crippen molar-refractivity contribution in [2.24, 2.45) is 0 Å². The number of amides is 1. The number of ketones is 1. The number of hydrogen-bond acceptors (Lipinski definition) is 12. The largest absolute Gasteiger partial charge is 0.506 e. The summed E-state index contributed by atoms with van der Waals surface area (Å²) >= 11 is 0. The smallest absolute Gasteiger partial charge is 0.254 e. The highest BCUT2D eigenvalue weighted by molar-refractivity contribution is 6.11. The Labute approximate surface area is 352 Å². The molecule has 1 saturated heterocycles. The first-order valence-electron chi connectivity index (χ1n) is 20.7. The number of phenols is 1. The summed E-state index contributed by atoms with van der Waals surface area (Å²) in [6, 6.07) is 16.5. The summed E-state index contributed by atoms with van der Waals surface area (Å²) in [5, 5.41) is 52.1. The number of carbonyl (C=O) groups is 2. The van der Waals surface area contributed by atoms with Gasteiger partial charge >= 0.3 is 0 Å². The number of aromatic hydroxyl groups is 1. The lowest BCUT2D eigenvalue weighted by molar-refractivity contribution is -0.327. The number of rotatable bonds is 9. The van der Waals surface area contributed by atoms with Crippen LogP contribution in [0.25, 0.3) is 21.7 Å². The lowest BCUT2D eigenvalue weighted by atomic mass is 9.86. The summed E-state index contributed by atoms with van der Waals surface area (Å²) in [5.41, 5.74) is 3.16. The number of benzene rings is 4. The van der Waals surface area contributed by atoms with Crippen molar-refractivity contribution in [3.05, 3.63) is 99.7 Å². The number of nitrogens with one attached hydrogen (secondary N) is 2. The molecule has 1 aromatic heterocycles. The van der Waals surface area contributed by atoms with Crippen LogP contribution >= 0.6 is 0 Å². The zero-order valence-electron chi connectivity index (χ0n) is 34.0. The van der Waals surface area contributed by atoms with Crippen molar-refractivity contribution in [3.63, 3.8) is 0 Å². The second kappa shape index (κ2) is 16.7. The van der Waals surface area contributed by atoms with Crippen molar-refractivity contribution in [1.29, 1.82) is 0 Å². The molecule has 4 aromatic carbocycles. The van der Waals surface area contributed by atoms with E-state index in [1.54, 1.807) is 18.2 Å². The Kier molecular flexibility index (Phi) is 11.1. The van der Waals surface area contributed by atoms with Gasteiger partial charge in [0.2, 0.25) is 6.29 Å². The summed E-state index contributed by atoms with van der Waals surface area (Å²) in [5.74, 6) is 2.14. The van der Waals surface area contributed by atoms with Crippen LogP contribution in [-0.2, 0) is 40.3 Å². The number of aromatic nitrogens is 1. The third-order valence-electron chi connectivity index (χ3n) is 12.6. The number of Topliss-reactive ketones (excluding diaryl/α,β-unsaturated/α-hetero) is 1. The molecule has 5 aromatic rings. The number of carbonyl (C=O) groups excluding carboxylic acids is 2. The number of H-pyrrole nitrogens is 1. The summed E-state index contributed by atoms with van der Waals surface area (Å²) in [7, 11) is 3.36. The Morgan fingerprint density at radius 3 is 2.70 bits per heavy atom. The van der Waals surface area contributed by atoms with Gasteiger partial charge in [0.25, 0.3) is 5.91 Å². The van der Waals surface area contributed by atoms with Crippen molar-refractivity contribution in [3.8, 4) is 29.3 Å². The van der Waals surface area contributed by atoms with E-state index in [-0.39, 0.29) is 67.0 Å². The topological polar surface area (TPSA) is 192 Å². The fourth-order valence-electron chi connectivity index (χ4n) is 9.42. The van der Waals surface area contributed by atoms with Crippen LogP contribution in [-0.4, -0.2) is 106 Å². The molecule has 6 bridgehead atoms. The number of methoxy groups -OCH3 is 1. The first-order chi connectivity index (χ1) is 29.6. The molecule has 0 radical (unpaired) electrons. The summed E-state index contributed by atoms with van der Waals surface area (Å²) in [4.78, 5) is 33.1. The summed E-state index contributed by atoms with van der Waals surface area (Å²) in [6.45, 7) is -0.459. The first-order valence-corrected chi connectivity index (χ1v) is 20.7. The second-order valence-electron chi connectivity index (χ2n) is 16.4. The third kappa shape index (κ3) is 7.35. The van der Waals surface area contributed by atoms with E-state index in [9.17, 15) is 30.0 Å². The van der Waals surface area contributed by atoms with Gasteiger partial charge < -0.3 is 59.3 Å². The fourth-order valence-corrected chi connectivity index (χ4v) is 9.42. The monoisotopic (exact) mass is 831 g/mol. The Morgan fingerprint density at radius 2 is 1.92 bits per heavy atom. The van der Waals surface area contributed by atoms with Crippen LogP contribution in [0.2, 0.25) is 0 Å². The van der Waals surface area contributed by atoms with Gasteiger partial charge in [-0.1, -0.05) is 37.0 Å². The van der Waals surface area contributed by atoms with Crippen LogP contribution in [0, 0.1) is 12.0 Å². The number of phenolic OH excluding ortho intramolecular Hbond substituents is 1. The van der Waals surface area contributed by atoms with Crippen LogP contribution < -0.4 is 14.8 Å². The van der Waals surface area contributed by atoms with Crippen LogP contribution in [0.1, 0.15) is 80.1 Å². The van der Waals surface area contributed by atoms with Crippen LogP contribution in [0.5, 0.6) is 17.2 Å². The van der Waals surface area contributed by atoms with Gasteiger partial charge in [0, 0.05) is 53.8 Å². The fraction of sp³-hybridized carbons (Fsp3) is 0.404. The highest BCUT2D eigenvalue weighted by atomic mass is 16.7. The molecule has 61 heavy (non-hydrogen) atoms. The van der Waals surface area contributed by atoms with Gasteiger partial charge in [0.15, 0.2) is 17.5 Å². The molecular formula is C47H49N3O11. The molecule has 3 aliphatic heterocycles. The van der Waals surface area contributed by atoms with Gasteiger partial charge in [-0.15, -0.1) is 0 Å². The number of fused-ring (bicyclic) bond motifs is 5. The minimum atomic E-state index is -2.43. The third-order valence-corrected chi connectivity index (χ3v) is 12.6. The molecule has 1 amide bonds. The van der Waals surface area contributed by atoms with Crippen LogP contribution in [0.4, 0.5) is 0 Å². The Morgan fingerprint density at radius 1 is 1.08 bits per heavy atom. The quantitative estimate of drug-likeness (QED) is 0.114. The molecule has 14 nitrogen and oxygen atoms in total. The molecule has 9 rings (SSSR count). The molecular weight excluding hydrogens is 783 g/mol. The zero-order chi connectivity index (χ0) is 42.4. The maximum Gasteiger partial charge on any atom is 0.254 e. The lowest BCUT2D eigenvalue weighted by Crippen LogP contribution is -2.70. The molecule has 0 spiro atoms. The normalized spacial score (nSPS) is 24.0. The minimum absolute atomic E-state index is 0.0136. The standard InChI is InChI=1S/C47H49N3O11/c1-48-19-26-12-13-36-33(15-26)30(20-49-36)23-58-24-39-42(53)44-47(56,25-51)46(61-39)60-38-18-31(57-2)16-29-17-34(27-7-3-4-8-27)41(43(54)40(29)38)37(52)22-50-21-35-28(10-6-14-59-44)9-5-11-32(35)45(50)55/h5,9,11-13,15-18,20,27,39,42,44,46,48-49,51,53-54,56H,3-4,7-8,10,19,21-25H2,1-2H3/t39-,42-,44+,46+,47-/m1/s1. The summed E-state index contributed by atoms with van der Waals surface area (Å²) < 4.78 is 30.6. The Hall–Kier alpha value is -5.66. The number of aliphatic hydroxyl groups excluding tert-OH is 2. The highest BCUT2D eigenvalue weighted by Crippen LogP contribution is 2.47. The first kappa shape index (κ1) is 40.7. The van der Waals surface area contributed by atoms with E-state index >= 15 is 0 Å². The Bertz CT molecular complexity index is 2570. The molecule has 1 saturated carbocycles. The van der Waals surface area contributed by atoms with Gasteiger partial charge in [0.05, 0.1) is 44.4 Å². The molecule has 1 aliphatic carbocycles. The average Bonchev–Trinajstić information content (AvgIpc) is 4.02. The van der Waals surface area contributed by atoms with Crippen molar-refractivity contribution in [1.82, 2.24) is 15.2 Å². The minimum Gasteiger partial charge on any atom is -0.506 e. The molecule has 14 heteroatoms. The maximum atomic E-state index is 14.6. The van der Waals surface area contributed by atoms with Crippen molar-refractivity contribution in [2.75, 3.05) is 33.9 Å². The number of aliphatic hydroxyl groups is 3. The van der Waals surface area contributed by atoms with Crippen LogP contribution in [0.15, 0.2) is 60.8 Å². The van der Waals surface area contributed by atoms with Gasteiger partial charge in [0.1, 0.15) is 35.6 Å². The van der Waals surface area contributed by atoms with E-state index in [1.807, 2.05) is 37.5 Å². The molecule has 318 valence electrons. The molecule has 5 atom stereocenters. The second-order valence-corrected chi connectivity index (χ2v) is 16.4. The van der Waals surface area contributed by atoms with Gasteiger partial charge in [-0.25, -0.2) is 0 Å². The summed E-state index contributed by atoms with van der Waals surface area (Å²) in [6.07, 6.45) is 2.10.